The normalized spacial score (nSPS) is 15.6. The molecule has 1 heterocycles. The summed E-state index contributed by atoms with van der Waals surface area (Å²) in [4.78, 5) is 2.42. The van der Waals surface area contributed by atoms with E-state index in [-0.39, 0.29) is 5.82 Å². The summed E-state index contributed by atoms with van der Waals surface area (Å²) < 4.78 is 13.3. The molecule has 1 N–H and O–H groups in total. The topological polar surface area (TPSA) is 15.3 Å². The van der Waals surface area contributed by atoms with Crippen molar-refractivity contribution in [2.75, 3.05) is 24.5 Å². The van der Waals surface area contributed by atoms with E-state index >= 15 is 0 Å². The Morgan fingerprint density at radius 3 is 2.48 bits per heavy atom. The minimum atomic E-state index is -0.194. The first-order valence-electron chi connectivity index (χ1n) is 8.21. The van der Waals surface area contributed by atoms with Crippen LogP contribution in [0.5, 0.6) is 0 Å². The Morgan fingerprint density at radius 2 is 1.83 bits per heavy atom. The lowest BCUT2D eigenvalue weighted by molar-refractivity contribution is 0.430. The molecule has 0 amide bonds. The smallest absolute Gasteiger partial charge is 0.123 e. The van der Waals surface area contributed by atoms with E-state index in [9.17, 15) is 4.39 Å². The van der Waals surface area contributed by atoms with Crippen LogP contribution in [-0.4, -0.2) is 25.7 Å². The Labute approximate surface area is 137 Å². The predicted octanol–water partition coefficient (Wildman–Crippen LogP) is 4.24. The van der Waals surface area contributed by atoms with Crippen LogP contribution in [0.4, 0.5) is 10.1 Å². The van der Waals surface area contributed by atoms with E-state index < -0.39 is 0 Å². The third kappa shape index (κ3) is 3.99. The summed E-state index contributed by atoms with van der Waals surface area (Å²) in [7, 11) is 0. The molecule has 0 spiro atoms. The quantitative estimate of drug-likeness (QED) is 0.831. The zero-order chi connectivity index (χ0) is 16.1. The molecule has 0 bridgehead atoms. The Bertz CT molecular complexity index is 643. The van der Waals surface area contributed by atoms with E-state index in [0.717, 1.165) is 43.6 Å². The first-order chi connectivity index (χ1) is 11.3. The first kappa shape index (κ1) is 15.8. The number of benzene rings is 2. The molecule has 0 unspecified atom stereocenters. The molecular weight excluding hydrogens is 287 g/mol. The molecule has 0 atom stereocenters. The van der Waals surface area contributed by atoms with Crippen molar-refractivity contribution in [1.29, 1.82) is 0 Å². The standard InChI is InChI=1S/C20H23FN2/c1-2-12-22-19-10-13-23(14-11-19)20-8-6-16(7-9-20)17-4-3-5-18(21)15-17/h2-9,15,19,22H,1,10-14H2. The maximum absolute atomic E-state index is 13.3. The third-order valence-corrected chi connectivity index (χ3v) is 4.44. The molecule has 1 aliphatic heterocycles. The molecule has 0 aliphatic carbocycles. The molecule has 23 heavy (non-hydrogen) atoms. The molecule has 3 heteroatoms. The van der Waals surface area contributed by atoms with Gasteiger partial charge < -0.3 is 10.2 Å². The SMILES string of the molecule is C=CCNC1CCN(c2ccc(-c3cccc(F)c3)cc2)CC1. The van der Waals surface area contributed by atoms with Gasteiger partial charge in [-0.3, -0.25) is 0 Å². The summed E-state index contributed by atoms with van der Waals surface area (Å²) in [6.45, 7) is 6.76. The zero-order valence-electron chi connectivity index (χ0n) is 13.3. The van der Waals surface area contributed by atoms with Crippen molar-refractivity contribution in [3.05, 3.63) is 67.0 Å². The third-order valence-electron chi connectivity index (χ3n) is 4.44. The predicted molar refractivity (Wildman–Crippen MR) is 95.3 cm³/mol. The van der Waals surface area contributed by atoms with Gasteiger partial charge in [-0.1, -0.05) is 30.3 Å². The minimum Gasteiger partial charge on any atom is -0.371 e. The second kappa shape index (κ2) is 7.42. The summed E-state index contributed by atoms with van der Waals surface area (Å²) in [6, 6.07) is 15.8. The second-order valence-corrected chi connectivity index (χ2v) is 6.02. The molecule has 0 radical (unpaired) electrons. The second-order valence-electron chi connectivity index (χ2n) is 6.02. The van der Waals surface area contributed by atoms with Gasteiger partial charge in [-0.25, -0.2) is 4.39 Å². The van der Waals surface area contributed by atoms with E-state index in [4.69, 9.17) is 0 Å². The molecule has 1 saturated heterocycles. The van der Waals surface area contributed by atoms with Crippen LogP contribution in [0.15, 0.2) is 61.2 Å². The number of hydrogen-bond donors (Lipinski definition) is 1. The lowest BCUT2D eigenvalue weighted by atomic mass is 10.0. The van der Waals surface area contributed by atoms with Crippen LogP contribution in [0.2, 0.25) is 0 Å². The van der Waals surface area contributed by atoms with Gasteiger partial charge in [-0.05, 0) is 48.2 Å². The van der Waals surface area contributed by atoms with Gasteiger partial charge in [0.05, 0.1) is 0 Å². The molecule has 0 aromatic heterocycles. The maximum atomic E-state index is 13.3. The van der Waals surface area contributed by atoms with E-state index in [1.807, 2.05) is 12.1 Å². The lowest BCUT2D eigenvalue weighted by Gasteiger charge is -2.34. The molecule has 2 aromatic carbocycles. The summed E-state index contributed by atoms with van der Waals surface area (Å²) >= 11 is 0. The number of nitrogens with one attached hydrogen (secondary N) is 1. The van der Waals surface area contributed by atoms with Crippen molar-refractivity contribution in [2.45, 2.75) is 18.9 Å². The van der Waals surface area contributed by atoms with Crippen molar-refractivity contribution in [3.8, 4) is 11.1 Å². The summed E-state index contributed by atoms with van der Waals surface area (Å²) in [5, 5.41) is 3.50. The van der Waals surface area contributed by atoms with Gasteiger partial charge in [-0.15, -0.1) is 6.58 Å². The number of anilines is 1. The van der Waals surface area contributed by atoms with Crippen molar-refractivity contribution < 1.29 is 4.39 Å². The number of rotatable bonds is 5. The van der Waals surface area contributed by atoms with Gasteiger partial charge in [0.1, 0.15) is 5.82 Å². The molecule has 1 aliphatic rings. The maximum Gasteiger partial charge on any atom is 0.123 e. The average Bonchev–Trinajstić information content (AvgIpc) is 2.61. The van der Waals surface area contributed by atoms with E-state index in [2.05, 4.69) is 41.1 Å². The minimum absolute atomic E-state index is 0.194. The van der Waals surface area contributed by atoms with Crippen molar-refractivity contribution in [1.82, 2.24) is 5.32 Å². The monoisotopic (exact) mass is 310 g/mol. The fraction of sp³-hybridized carbons (Fsp3) is 0.300. The van der Waals surface area contributed by atoms with Gasteiger partial charge in [0.15, 0.2) is 0 Å². The lowest BCUT2D eigenvalue weighted by Crippen LogP contribution is -2.42. The van der Waals surface area contributed by atoms with Crippen LogP contribution in [-0.2, 0) is 0 Å². The molecule has 2 nitrogen and oxygen atoms in total. The van der Waals surface area contributed by atoms with Crippen LogP contribution in [0, 0.1) is 5.82 Å². The average molecular weight is 310 g/mol. The summed E-state index contributed by atoms with van der Waals surface area (Å²) in [5.74, 6) is -0.194. The Morgan fingerprint density at radius 1 is 1.09 bits per heavy atom. The zero-order valence-corrected chi connectivity index (χ0v) is 13.3. The molecule has 2 aromatic rings. The van der Waals surface area contributed by atoms with Gasteiger partial charge >= 0.3 is 0 Å². The molecule has 3 rings (SSSR count). The summed E-state index contributed by atoms with van der Waals surface area (Å²) in [5.41, 5.74) is 3.21. The molecule has 1 fully saturated rings. The van der Waals surface area contributed by atoms with Crippen LogP contribution in [0.25, 0.3) is 11.1 Å². The largest absolute Gasteiger partial charge is 0.371 e. The van der Waals surface area contributed by atoms with Crippen LogP contribution in [0.1, 0.15) is 12.8 Å². The highest BCUT2D eigenvalue weighted by Gasteiger charge is 2.18. The highest BCUT2D eigenvalue weighted by Crippen LogP contribution is 2.25. The Kier molecular flexibility index (Phi) is 5.09. The van der Waals surface area contributed by atoms with E-state index in [1.165, 1.54) is 11.8 Å². The van der Waals surface area contributed by atoms with Crippen LogP contribution < -0.4 is 10.2 Å². The van der Waals surface area contributed by atoms with Gasteiger partial charge in [0.2, 0.25) is 0 Å². The van der Waals surface area contributed by atoms with Crippen molar-refractivity contribution >= 4 is 5.69 Å². The van der Waals surface area contributed by atoms with Gasteiger partial charge in [0, 0.05) is 31.4 Å². The number of piperidine rings is 1. The van der Waals surface area contributed by atoms with Crippen molar-refractivity contribution in [3.63, 3.8) is 0 Å². The van der Waals surface area contributed by atoms with Crippen molar-refractivity contribution in [2.24, 2.45) is 0 Å². The fourth-order valence-corrected chi connectivity index (χ4v) is 3.12. The van der Waals surface area contributed by atoms with Crippen LogP contribution in [0.3, 0.4) is 0 Å². The highest BCUT2D eigenvalue weighted by molar-refractivity contribution is 5.66. The first-order valence-corrected chi connectivity index (χ1v) is 8.21. The molecule has 120 valence electrons. The van der Waals surface area contributed by atoms with E-state index in [0.29, 0.717) is 6.04 Å². The number of halogens is 1. The van der Waals surface area contributed by atoms with E-state index in [1.54, 1.807) is 12.1 Å². The number of hydrogen-bond acceptors (Lipinski definition) is 2. The number of nitrogens with zero attached hydrogens (tertiary/aromatic N) is 1. The van der Waals surface area contributed by atoms with Crippen LogP contribution >= 0.6 is 0 Å². The Hall–Kier alpha value is -2.13. The highest BCUT2D eigenvalue weighted by atomic mass is 19.1. The summed E-state index contributed by atoms with van der Waals surface area (Å²) in [6.07, 6.45) is 4.22. The Balaban J connectivity index is 1.63. The van der Waals surface area contributed by atoms with Gasteiger partial charge in [0.25, 0.3) is 0 Å². The molecular formula is C20H23FN2. The fourth-order valence-electron chi connectivity index (χ4n) is 3.12. The van der Waals surface area contributed by atoms with Gasteiger partial charge in [-0.2, -0.15) is 0 Å². The molecule has 0 saturated carbocycles.